The second kappa shape index (κ2) is 7.82. The van der Waals surface area contributed by atoms with E-state index in [-0.39, 0.29) is 12.2 Å². The van der Waals surface area contributed by atoms with Crippen LogP contribution in [0.15, 0.2) is 65.5 Å². The first-order chi connectivity index (χ1) is 13.0. The third-order valence-corrected chi connectivity index (χ3v) is 4.22. The standard InChI is InChI=1S/C20H18FN3O3/c1-14-10-18(22-12-15-6-3-2-4-7-15)19(24(26)27)20(25)23(14)13-16-8-5-9-17(21)11-16/h2-11,22H,12-13H2,1H3. The molecule has 1 aromatic heterocycles. The van der Waals surface area contributed by atoms with Crippen molar-refractivity contribution in [2.45, 2.75) is 20.0 Å². The van der Waals surface area contributed by atoms with Gasteiger partial charge in [0.2, 0.25) is 0 Å². The van der Waals surface area contributed by atoms with E-state index in [2.05, 4.69) is 5.32 Å². The number of anilines is 1. The molecule has 1 N–H and O–H groups in total. The molecule has 0 unspecified atom stereocenters. The third kappa shape index (κ3) is 4.20. The van der Waals surface area contributed by atoms with Crippen LogP contribution >= 0.6 is 0 Å². The van der Waals surface area contributed by atoms with E-state index in [1.54, 1.807) is 19.1 Å². The average Bonchev–Trinajstić information content (AvgIpc) is 2.64. The van der Waals surface area contributed by atoms with Crippen LogP contribution in [0.5, 0.6) is 0 Å². The largest absolute Gasteiger partial charge is 0.375 e. The summed E-state index contributed by atoms with van der Waals surface area (Å²) < 4.78 is 14.7. The van der Waals surface area contributed by atoms with Crippen molar-refractivity contribution in [2.24, 2.45) is 0 Å². The Balaban J connectivity index is 1.96. The first kappa shape index (κ1) is 18.3. The Bertz CT molecular complexity index is 1030. The normalized spacial score (nSPS) is 10.6. The van der Waals surface area contributed by atoms with Crippen LogP contribution in [0.4, 0.5) is 15.8 Å². The average molecular weight is 367 g/mol. The monoisotopic (exact) mass is 367 g/mol. The Hall–Kier alpha value is -3.48. The number of halogens is 1. The van der Waals surface area contributed by atoms with E-state index in [0.29, 0.717) is 17.8 Å². The second-order valence-electron chi connectivity index (χ2n) is 6.17. The van der Waals surface area contributed by atoms with Crippen molar-refractivity contribution in [3.8, 4) is 0 Å². The van der Waals surface area contributed by atoms with Crippen molar-refractivity contribution >= 4 is 11.4 Å². The second-order valence-corrected chi connectivity index (χ2v) is 6.17. The Morgan fingerprint density at radius 1 is 1.07 bits per heavy atom. The van der Waals surface area contributed by atoms with Crippen LogP contribution in [0.3, 0.4) is 0 Å². The lowest BCUT2D eigenvalue weighted by molar-refractivity contribution is -0.385. The summed E-state index contributed by atoms with van der Waals surface area (Å²) in [6.07, 6.45) is 0. The van der Waals surface area contributed by atoms with Crippen molar-refractivity contribution < 1.29 is 9.31 Å². The molecule has 6 nitrogen and oxygen atoms in total. The maximum Gasteiger partial charge on any atom is 0.356 e. The highest BCUT2D eigenvalue weighted by atomic mass is 19.1. The van der Waals surface area contributed by atoms with Gasteiger partial charge in [0.1, 0.15) is 11.5 Å². The number of rotatable bonds is 6. The van der Waals surface area contributed by atoms with E-state index < -0.39 is 22.0 Å². The van der Waals surface area contributed by atoms with Gasteiger partial charge in [0.15, 0.2) is 0 Å². The Morgan fingerprint density at radius 3 is 2.44 bits per heavy atom. The zero-order valence-electron chi connectivity index (χ0n) is 14.7. The van der Waals surface area contributed by atoms with Crippen LogP contribution < -0.4 is 10.9 Å². The SMILES string of the molecule is Cc1cc(NCc2ccccc2)c([N+](=O)[O-])c(=O)n1Cc1cccc(F)c1. The van der Waals surface area contributed by atoms with Gasteiger partial charge in [-0.2, -0.15) is 0 Å². The first-order valence-electron chi connectivity index (χ1n) is 8.37. The van der Waals surface area contributed by atoms with Gasteiger partial charge in [-0.1, -0.05) is 42.5 Å². The zero-order valence-corrected chi connectivity index (χ0v) is 14.7. The molecule has 0 aliphatic heterocycles. The zero-order chi connectivity index (χ0) is 19.4. The van der Waals surface area contributed by atoms with Crippen LogP contribution in [0.25, 0.3) is 0 Å². The summed E-state index contributed by atoms with van der Waals surface area (Å²) in [5.74, 6) is -0.422. The summed E-state index contributed by atoms with van der Waals surface area (Å²) in [5.41, 5.74) is 0.966. The molecule has 0 spiro atoms. The molecule has 7 heteroatoms. The maximum absolute atomic E-state index is 13.4. The topological polar surface area (TPSA) is 77.2 Å². The first-order valence-corrected chi connectivity index (χ1v) is 8.37. The summed E-state index contributed by atoms with van der Waals surface area (Å²) in [4.78, 5) is 23.6. The van der Waals surface area contributed by atoms with Crippen LogP contribution in [0.2, 0.25) is 0 Å². The lowest BCUT2D eigenvalue weighted by Crippen LogP contribution is -2.26. The third-order valence-electron chi connectivity index (χ3n) is 4.22. The molecule has 0 atom stereocenters. The van der Waals surface area contributed by atoms with Gasteiger partial charge < -0.3 is 9.88 Å². The highest BCUT2D eigenvalue weighted by Crippen LogP contribution is 2.22. The minimum absolute atomic E-state index is 0.0578. The van der Waals surface area contributed by atoms with E-state index in [0.717, 1.165) is 5.56 Å². The molecule has 3 rings (SSSR count). The number of hydrogen-bond donors (Lipinski definition) is 1. The minimum Gasteiger partial charge on any atom is -0.375 e. The van der Waals surface area contributed by atoms with Crippen molar-refractivity contribution in [3.63, 3.8) is 0 Å². The molecule has 0 bridgehead atoms. The van der Waals surface area contributed by atoms with Gasteiger partial charge in [-0.3, -0.25) is 14.9 Å². The molecule has 1 heterocycles. The predicted octanol–water partition coefficient (Wildman–Crippen LogP) is 3.86. The molecule has 0 saturated heterocycles. The molecule has 27 heavy (non-hydrogen) atoms. The fourth-order valence-corrected chi connectivity index (χ4v) is 2.88. The maximum atomic E-state index is 13.4. The summed E-state index contributed by atoms with van der Waals surface area (Å²) in [6.45, 7) is 2.11. The molecular formula is C20H18FN3O3. The van der Waals surface area contributed by atoms with E-state index in [1.807, 2.05) is 30.3 Å². The van der Waals surface area contributed by atoms with Crippen molar-refractivity contribution in [2.75, 3.05) is 5.32 Å². The fraction of sp³-hybridized carbons (Fsp3) is 0.150. The fourth-order valence-electron chi connectivity index (χ4n) is 2.88. The molecule has 2 aromatic carbocycles. The van der Waals surface area contributed by atoms with Crippen LogP contribution in [0, 0.1) is 22.9 Å². The number of nitrogens with one attached hydrogen (secondary N) is 1. The highest BCUT2D eigenvalue weighted by molar-refractivity contribution is 5.61. The van der Waals surface area contributed by atoms with Gasteiger partial charge in [0.25, 0.3) is 0 Å². The molecule has 138 valence electrons. The van der Waals surface area contributed by atoms with Gasteiger partial charge in [0.05, 0.1) is 11.5 Å². The molecule has 0 fully saturated rings. The summed E-state index contributed by atoms with van der Waals surface area (Å²) in [5, 5.41) is 14.5. The number of nitrogens with zero attached hydrogens (tertiary/aromatic N) is 2. The Labute approximate surface area is 155 Å². The van der Waals surface area contributed by atoms with Gasteiger partial charge in [-0.15, -0.1) is 0 Å². The summed E-state index contributed by atoms with van der Waals surface area (Å²) in [6, 6.07) is 16.8. The number of hydrogen-bond acceptors (Lipinski definition) is 4. The van der Waals surface area contributed by atoms with E-state index in [1.165, 1.54) is 22.8 Å². The van der Waals surface area contributed by atoms with Gasteiger partial charge in [-0.25, -0.2) is 4.39 Å². The van der Waals surface area contributed by atoms with Gasteiger partial charge >= 0.3 is 11.2 Å². The van der Waals surface area contributed by atoms with Crippen molar-refractivity contribution in [1.82, 2.24) is 4.57 Å². The molecule has 3 aromatic rings. The summed E-state index contributed by atoms with van der Waals surface area (Å²) >= 11 is 0. The lowest BCUT2D eigenvalue weighted by Gasteiger charge is -2.14. The molecule has 0 aliphatic rings. The molecule has 0 aliphatic carbocycles. The number of aromatic nitrogens is 1. The number of aryl methyl sites for hydroxylation is 1. The molecular weight excluding hydrogens is 349 g/mol. The van der Waals surface area contributed by atoms with E-state index in [9.17, 15) is 19.3 Å². The van der Waals surface area contributed by atoms with Crippen molar-refractivity contribution in [3.05, 3.63) is 104 Å². The molecule has 0 radical (unpaired) electrons. The predicted molar refractivity (Wildman–Crippen MR) is 101 cm³/mol. The number of pyridine rings is 1. The lowest BCUT2D eigenvalue weighted by atomic mass is 10.2. The van der Waals surface area contributed by atoms with E-state index >= 15 is 0 Å². The quantitative estimate of drug-likeness (QED) is 0.530. The molecule has 0 amide bonds. The minimum atomic E-state index is -0.722. The number of nitro groups is 1. The number of benzene rings is 2. The molecule has 0 saturated carbocycles. The van der Waals surface area contributed by atoms with Crippen LogP contribution in [-0.2, 0) is 13.1 Å². The van der Waals surface area contributed by atoms with Crippen LogP contribution in [-0.4, -0.2) is 9.49 Å². The van der Waals surface area contributed by atoms with Gasteiger partial charge in [-0.05, 0) is 36.2 Å². The highest BCUT2D eigenvalue weighted by Gasteiger charge is 2.23. The van der Waals surface area contributed by atoms with E-state index in [4.69, 9.17) is 0 Å². The Morgan fingerprint density at radius 2 is 1.78 bits per heavy atom. The summed E-state index contributed by atoms with van der Waals surface area (Å²) in [7, 11) is 0. The van der Waals surface area contributed by atoms with Crippen molar-refractivity contribution in [1.29, 1.82) is 0 Å². The van der Waals surface area contributed by atoms with Gasteiger partial charge in [0, 0.05) is 12.2 Å². The Kier molecular flexibility index (Phi) is 5.30. The smallest absolute Gasteiger partial charge is 0.356 e. The van der Waals surface area contributed by atoms with Crippen LogP contribution in [0.1, 0.15) is 16.8 Å².